The molecule has 0 bridgehead atoms. The third-order valence-electron chi connectivity index (χ3n) is 4.47. The molecule has 1 atom stereocenters. The second-order valence-corrected chi connectivity index (χ2v) is 7.19. The maximum atomic E-state index is 12.2. The van der Waals surface area contributed by atoms with E-state index in [0.29, 0.717) is 31.2 Å². The van der Waals surface area contributed by atoms with Crippen LogP contribution in [0.25, 0.3) is 0 Å². The second-order valence-electron chi connectivity index (χ2n) is 6.18. The number of terminal acetylenes is 1. The lowest BCUT2D eigenvalue weighted by Crippen LogP contribution is -2.36. The number of carbonyl (C=O) groups excluding carboxylic acids is 1. The number of hydrogen-bond donors (Lipinski definition) is 1. The van der Waals surface area contributed by atoms with Gasteiger partial charge in [-0.1, -0.05) is 29.4 Å². The minimum atomic E-state index is -0.0274. The molecule has 2 aliphatic rings. The first-order valence-corrected chi connectivity index (χ1v) is 9.36. The van der Waals surface area contributed by atoms with Gasteiger partial charge < -0.3 is 19.7 Å². The van der Waals surface area contributed by atoms with Gasteiger partial charge in [-0.15, -0.1) is 6.42 Å². The summed E-state index contributed by atoms with van der Waals surface area (Å²) in [4.78, 5) is 20.2. The Hall–Kier alpha value is -2.56. The minimum absolute atomic E-state index is 0.0173. The van der Waals surface area contributed by atoms with Crippen LogP contribution in [0.5, 0.6) is 5.75 Å². The predicted molar refractivity (Wildman–Crippen MR) is 101 cm³/mol. The van der Waals surface area contributed by atoms with Gasteiger partial charge in [-0.2, -0.15) is 0 Å². The molecule has 6 nitrogen and oxygen atoms in total. The Morgan fingerprint density at radius 2 is 2.27 bits per heavy atom. The van der Waals surface area contributed by atoms with Crippen LogP contribution in [-0.4, -0.2) is 43.8 Å². The van der Waals surface area contributed by atoms with Crippen LogP contribution in [0.2, 0.25) is 0 Å². The minimum Gasteiger partial charge on any atom is -0.481 e. The molecule has 2 aromatic rings. The Morgan fingerprint density at radius 1 is 1.42 bits per heavy atom. The van der Waals surface area contributed by atoms with Crippen LogP contribution in [0.1, 0.15) is 22.8 Å². The zero-order valence-corrected chi connectivity index (χ0v) is 15.1. The maximum Gasteiger partial charge on any atom is 0.226 e. The summed E-state index contributed by atoms with van der Waals surface area (Å²) in [7, 11) is 0. The third kappa shape index (κ3) is 3.39. The zero-order chi connectivity index (χ0) is 17.9. The van der Waals surface area contributed by atoms with Gasteiger partial charge in [0.05, 0.1) is 18.1 Å². The number of hydrogen-bond acceptors (Lipinski definition) is 6. The Labute approximate surface area is 156 Å². The number of anilines is 2. The number of ether oxygens (including phenoxy) is 2. The summed E-state index contributed by atoms with van der Waals surface area (Å²) < 4.78 is 10.9. The van der Waals surface area contributed by atoms with Gasteiger partial charge in [0.1, 0.15) is 18.2 Å². The normalized spacial score (nSPS) is 19.4. The lowest BCUT2D eigenvalue weighted by Gasteiger charge is -2.26. The maximum absolute atomic E-state index is 12.2. The van der Waals surface area contributed by atoms with E-state index in [1.807, 2.05) is 24.3 Å². The van der Waals surface area contributed by atoms with Crippen LogP contribution in [0.3, 0.4) is 0 Å². The van der Waals surface area contributed by atoms with E-state index >= 15 is 0 Å². The molecular formula is C19H19N3O3S. The van der Waals surface area contributed by atoms with E-state index in [-0.39, 0.29) is 18.4 Å². The van der Waals surface area contributed by atoms with E-state index in [1.54, 1.807) is 11.3 Å². The molecule has 26 heavy (non-hydrogen) atoms. The Balaban J connectivity index is 1.65. The summed E-state index contributed by atoms with van der Waals surface area (Å²) >= 11 is 1.64. The highest BCUT2D eigenvalue weighted by molar-refractivity contribution is 7.16. The molecule has 1 saturated heterocycles. The van der Waals surface area contributed by atoms with Crippen molar-refractivity contribution in [3.05, 3.63) is 34.7 Å². The van der Waals surface area contributed by atoms with Crippen LogP contribution in [0.4, 0.5) is 10.9 Å². The van der Waals surface area contributed by atoms with Crippen molar-refractivity contribution >= 4 is 28.2 Å². The Bertz CT molecular complexity index is 852. The summed E-state index contributed by atoms with van der Waals surface area (Å²) in [6, 6.07) is 7.77. The average molecular weight is 369 g/mol. The molecule has 1 N–H and O–H groups in total. The van der Waals surface area contributed by atoms with Gasteiger partial charge in [0, 0.05) is 25.4 Å². The number of amides is 1. The first-order valence-electron chi connectivity index (χ1n) is 8.54. The lowest BCUT2D eigenvalue weighted by atomic mass is 9.91. The van der Waals surface area contributed by atoms with Crippen molar-refractivity contribution in [2.75, 3.05) is 43.1 Å². The van der Waals surface area contributed by atoms with E-state index in [2.05, 4.69) is 21.1 Å². The van der Waals surface area contributed by atoms with Gasteiger partial charge in [0.2, 0.25) is 5.91 Å². The van der Waals surface area contributed by atoms with Crippen molar-refractivity contribution in [1.82, 2.24) is 4.98 Å². The molecule has 1 aromatic carbocycles. The van der Waals surface area contributed by atoms with Crippen LogP contribution < -0.4 is 15.0 Å². The van der Waals surface area contributed by atoms with Crippen LogP contribution in [0, 0.1) is 12.3 Å². The number of nitrogens with one attached hydrogen (secondary N) is 1. The van der Waals surface area contributed by atoms with Crippen LogP contribution >= 0.6 is 11.3 Å². The van der Waals surface area contributed by atoms with Crippen molar-refractivity contribution in [3.8, 4) is 18.1 Å². The van der Waals surface area contributed by atoms with Gasteiger partial charge in [0.25, 0.3) is 0 Å². The molecule has 1 amide bonds. The Morgan fingerprint density at radius 3 is 3.08 bits per heavy atom. The number of morpholine rings is 1. The van der Waals surface area contributed by atoms with Crippen molar-refractivity contribution in [1.29, 1.82) is 0 Å². The fourth-order valence-corrected chi connectivity index (χ4v) is 4.41. The van der Waals surface area contributed by atoms with Gasteiger partial charge in [-0.25, -0.2) is 4.98 Å². The smallest absolute Gasteiger partial charge is 0.226 e. The fraction of sp³-hybridized carbons (Fsp3) is 0.368. The molecule has 1 aromatic heterocycles. The highest BCUT2D eigenvalue weighted by Gasteiger charge is 2.31. The molecule has 1 fully saturated rings. The number of carbonyl (C=O) groups is 1. The molecular weight excluding hydrogens is 350 g/mol. The van der Waals surface area contributed by atoms with E-state index in [9.17, 15) is 4.79 Å². The summed E-state index contributed by atoms with van der Waals surface area (Å²) in [5.74, 6) is 3.81. The first-order chi connectivity index (χ1) is 12.7. The zero-order valence-electron chi connectivity index (χ0n) is 14.2. The molecule has 3 heterocycles. The van der Waals surface area contributed by atoms with Gasteiger partial charge in [-0.3, -0.25) is 4.79 Å². The summed E-state index contributed by atoms with van der Waals surface area (Å²) in [5, 5.41) is 3.85. The number of rotatable bonds is 4. The number of thiazole rings is 1. The van der Waals surface area contributed by atoms with Gasteiger partial charge in [0.15, 0.2) is 5.13 Å². The molecule has 4 rings (SSSR count). The van der Waals surface area contributed by atoms with Crippen molar-refractivity contribution in [2.24, 2.45) is 0 Å². The second kappa shape index (κ2) is 7.36. The summed E-state index contributed by atoms with van der Waals surface area (Å²) in [6.45, 7) is 3.27. The molecule has 0 spiro atoms. The molecule has 0 saturated carbocycles. The number of fused-ring (bicyclic) bond motifs is 1. The van der Waals surface area contributed by atoms with Crippen molar-refractivity contribution in [3.63, 3.8) is 0 Å². The highest BCUT2D eigenvalue weighted by atomic mass is 32.1. The monoisotopic (exact) mass is 369 g/mol. The lowest BCUT2D eigenvalue weighted by molar-refractivity contribution is -0.116. The van der Waals surface area contributed by atoms with Crippen LogP contribution in [-0.2, 0) is 9.53 Å². The number of benzene rings is 1. The largest absolute Gasteiger partial charge is 0.481 e. The third-order valence-corrected chi connectivity index (χ3v) is 5.70. The van der Waals surface area contributed by atoms with Crippen molar-refractivity contribution < 1.29 is 14.3 Å². The van der Waals surface area contributed by atoms with E-state index in [1.165, 1.54) is 0 Å². The molecule has 0 radical (unpaired) electrons. The van der Waals surface area contributed by atoms with E-state index < -0.39 is 0 Å². The molecule has 134 valence electrons. The van der Waals surface area contributed by atoms with Gasteiger partial charge >= 0.3 is 0 Å². The quantitative estimate of drug-likeness (QED) is 0.839. The summed E-state index contributed by atoms with van der Waals surface area (Å²) in [5.41, 5.74) is 1.03. The topological polar surface area (TPSA) is 63.7 Å². The van der Waals surface area contributed by atoms with Crippen LogP contribution in [0.15, 0.2) is 24.3 Å². The molecule has 7 heteroatoms. The highest BCUT2D eigenvalue weighted by Crippen LogP contribution is 2.43. The van der Waals surface area contributed by atoms with Crippen molar-refractivity contribution in [2.45, 2.75) is 12.3 Å². The standard InChI is InChI=1S/C19H19N3O3S/c1-2-8-25-14-5-3-4-13(11-14)15-12-16(23)20-18-17(15)26-19(21-18)22-6-9-24-10-7-22/h1,3-5,11,15H,6-10,12H2,(H,20,23). The SMILES string of the molecule is C#CCOc1cccc(C2CC(=O)Nc3nc(N4CCOCC4)sc32)c1. The van der Waals surface area contributed by atoms with Gasteiger partial charge in [-0.05, 0) is 17.7 Å². The molecule has 1 unspecified atom stereocenters. The molecule has 0 aliphatic carbocycles. The van der Waals surface area contributed by atoms with E-state index in [4.69, 9.17) is 15.9 Å². The predicted octanol–water partition coefficient (Wildman–Crippen LogP) is 2.47. The fourth-order valence-electron chi connectivity index (χ4n) is 3.21. The molecule has 2 aliphatic heterocycles. The Kier molecular flexibility index (Phi) is 4.78. The number of aromatic nitrogens is 1. The van der Waals surface area contributed by atoms with E-state index in [0.717, 1.165) is 28.7 Å². The number of nitrogens with zero attached hydrogens (tertiary/aromatic N) is 2. The summed E-state index contributed by atoms with van der Waals surface area (Å²) in [6.07, 6.45) is 5.66. The first kappa shape index (κ1) is 16.9. The average Bonchev–Trinajstić information content (AvgIpc) is 3.10.